The molecule has 0 amide bonds. The van der Waals surface area contributed by atoms with Crippen molar-refractivity contribution in [2.45, 2.75) is 36.5 Å². The predicted molar refractivity (Wildman–Crippen MR) is 84.4 cm³/mol. The lowest BCUT2D eigenvalue weighted by molar-refractivity contribution is 0.574. The summed E-state index contributed by atoms with van der Waals surface area (Å²) in [4.78, 5) is 0.296. The molecule has 21 heavy (non-hydrogen) atoms. The van der Waals surface area contributed by atoms with E-state index < -0.39 is 11.6 Å². The molecule has 2 aromatic rings. The molecular formula is C17H19F2NS. The van der Waals surface area contributed by atoms with Crippen molar-refractivity contribution in [2.24, 2.45) is 5.73 Å². The summed E-state index contributed by atoms with van der Waals surface area (Å²) in [5.41, 5.74) is 8.37. The quantitative estimate of drug-likeness (QED) is 0.800. The van der Waals surface area contributed by atoms with E-state index in [1.54, 1.807) is 0 Å². The lowest BCUT2D eigenvalue weighted by Crippen LogP contribution is -2.25. The van der Waals surface area contributed by atoms with Gasteiger partial charge in [-0.3, -0.25) is 0 Å². The summed E-state index contributed by atoms with van der Waals surface area (Å²) in [5, 5.41) is -0.105. The third-order valence-electron chi connectivity index (χ3n) is 3.41. The number of benzene rings is 2. The van der Waals surface area contributed by atoms with Gasteiger partial charge in [0.2, 0.25) is 0 Å². The van der Waals surface area contributed by atoms with Gasteiger partial charge in [-0.1, -0.05) is 36.8 Å². The van der Waals surface area contributed by atoms with E-state index in [2.05, 4.69) is 0 Å². The minimum absolute atomic E-state index is 0.105. The maximum atomic E-state index is 13.8. The minimum atomic E-state index is -0.438. The van der Waals surface area contributed by atoms with Gasteiger partial charge < -0.3 is 5.73 Å². The molecule has 2 rings (SSSR count). The number of aryl methyl sites for hydroxylation is 1. The van der Waals surface area contributed by atoms with Crippen molar-refractivity contribution in [2.75, 3.05) is 0 Å². The Balaban J connectivity index is 2.32. The van der Waals surface area contributed by atoms with Crippen LogP contribution in [-0.4, -0.2) is 6.04 Å². The Bertz CT molecular complexity index is 598. The molecule has 0 saturated carbocycles. The maximum Gasteiger partial charge on any atom is 0.136 e. The molecule has 0 saturated heterocycles. The normalized spacial score (nSPS) is 14.0. The first-order valence-electron chi connectivity index (χ1n) is 6.95. The summed E-state index contributed by atoms with van der Waals surface area (Å²) in [6.07, 6.45) is 0.766. The summed E-state index contributed by atoms with van der Waals surface area (Å²) >= 11 is 1.28. The SMILES string of the molecule is CCC(N)C(Sc1cc(F)ccc1F)c1ccc(C)cc1. The highest BCUT2D eigenvalue weighted by atomic mass is 32.2. The Labute approximate surface area is 128 Å². The van der Waals surface area contributed by atoms with Crippen molar-refractivity contribution in [3.8, 4) is 0 Å². The van der Waals surface area contributed by atoms with Gasteiger partial charge in [0.1, 0.15) is 11.6 Å². The maximum absolute atomic E-state index is 13.8. The lowest BCUT2D eigenvalue weighted by atomic mass is 10.0. The van der Waals surface area contributed by atoms with Gasteiger partial charge in [-0.25, -0.2) is 8.78 Å². The van der Waals surface area contributed by atoms with Crippen LogP contribution in [0.3, 0.4) is 0 Å². The van der Waals surface area contributed by atoms with Crippen molar-refractivity contribution in [1.82, 2.24) is 0 Å². The van der Waals surface area contributed by atoms with Gasteiger partial charge in [0.05, 0.1) is 0 Å². The molecule has 0 heterocycles. The van der Waals surface area contributed by atoms with Crippen molar-refractivity contribution in [3.63, 3.8) is 0 Å². The molecule has 0 aromatic heterocycles. The molecule has 2 N–H and O–H groups in total. The van der Waals surface area contributed by atoms with Crippen LogP contribution in [0.25, 0.3) is 0 Å². The summed E-state index contributed by atoms with van der Waals surface area (Å²) in [6.45, 7) is 4.01. The lowest BCUT2D eigenvalue weighted by Gasteiger charge is -2.23. The Morgan fingerprint density at radius 2 is 1.76 bits per heavy atom. The van der Waals surface area contributed by atoms with E-state index in [4.69, 9.17) is 5.73 Å². The molecule has 0 bridgehead atoms. The molecule has 0 aliphatic rings. The van der Waals surface area contributed by atoms with Gasteiger partial charge in [0, 0.05) is 16.2 Å². The molecule has 2 aromatic carbocycles. The molecule has 0 fully saturated rings. The number of hydrogen-bond acceptors (Lipinski definition) is 2. The Morgan fingerprint density at radius 1 is 1.10 bits per heavy atom. The van der Waals surface area contributed by atoms with Gasteiger partial charge in [-0.2, -0.15) is 0 Å². The molecule has 4 heteroatoms. The van der Waals surface area contributed by atoms with Crippen LogP contribution >= 0.6 is 11.8 Å². The third kappa shape index (κ3) is 4.05. The zero-order valence-electron chi connectivity index (χ0n) is 12.1. The second-order valence-corrected chi connectivity index (χ2v) is 6.28. The highest BCUT2D eigenvalue weighted by Crippen LogP contribution is 2.39. The van der Waals surface area contributed by atoms with E-state index in [0.717, 1.165) is 29.7 Å². The van der Waals surface area contributed by atoms with Gasteiger partial charge >= 0.3 is 0 Å². The Kier molecular flexibility index (Phi) is 5.37. The predicted octanol–water partition coefficient (Wildman–Crippen LogP) is 4.84. The molecule has 1 nitrogen and oxygen atoms in total. The van der Waals surface area contributed by atoms with E-state index in [1.165, 1.54) is 17.8 Å². The second kappa shape index (κ2) is 7.05. The third-order valence-corrected chi connectivity index (χ3v) is 4.86. The van der Waals surface area contributed by atoms with Crippen LogP contribution in [0.15, 0.2) is 47.4 Å². The van der Waals surface area contributed by atoms with Gasteiger partial charge in [0.25, 0.3) is 0 Å². The molecule has 112 valence electrons. The molecule has 2 atom stereocenters. The van der Waals surface area contributed by atoms with Gasteiger partial charge in [0.15, 0.2) is 0 Å². The monoisotopic (exact) mass is 307 g/mol. The summed E-state index contributed by atoms with van der Waals surface area (Å²) < 4.78 is 27.2. The first-order chi connectivity index (χ1) is 10.0. The molecule has 0 aliphatic carbocycles. The smallest absolute Gasteiger partial charge is 0.136 e. The summed E-state index contributed by atoms with van der Waals surface area (Å²) in [7, 11) is 0. The van der Waals surface area contributed by atoms with Crippen LogP contribution in [0, 0.1) is 18.6 Å². The fourth-order valence-corrected chi connectivity index (χ4v) is 3.37. The molecule has 0 aliphatic heterocycles. The van der Waals surface area contributed by atoms with Crippen molar-refractivity contribution in [1.29, 1.82) is 0 Å². The van der Waals surface area contributed by atoms with Gasteiger partial charge in [-0.05, 0) is 37.1 Å². The highest BCUT2D eigenvalue weighted by molar-refractivity contribution is 7.99. The fourth-order valence-electron chi connectivity index (χ4n) is 2.08. The highest BCUT2D eigenvalue weighted by Gasteiger charge is 2.21. The zero-order chi connectivity index (χ0) is 15.4. The van der Waals surface area contributed by atoms with Crippen molar-refractivity contribution >= 4 is 11.8 Å². The van der Waals surface area contributed by atoms with Crippen LogP contribution in [-0.2, 0) is 0 Å². The Morgan fingerprint density at radius 3 is 2.38 bits per heavy atom. The number of halogens is 2. The molecule has 0 spiro atoms. The number of thioether (sulfide) groups is 1. The number of nitrogens with two attached hydrogens (primary N) is 1. The van der Waals surface area contributed by atoms with Crippen molar-refractivity contribution < 1.29 is 8.78 Å². The van der Waals surface area contributed by atoms with Crippen LogP contribution < -0.4 is 5.73 Å². The first kappa shape index (κ1) is 16.0. The standard InChI is InChI=1S/C17H19F2NS/c1-3-15(20)17(12-6-4-11(2)5-7-12)21-16-10-13(18)8-9-14(16)19/h4-10,15,17H,3,20H2,1-2H3. The van der Waals surface area contributed by atoms with Crippen LogP contribution in [0.4, 0.5) is 8.78 Å². The van der Waals surface area contributed by atoms with Crippen LogP contribution in [0.2, 0.25) is 0 Å². The van der Waals surface area contributed by atoms with E-state index >= 15 is 0 Å². The molecular weight excluding hydrogens is 288 g/mol. The fraction of sp³-hybridized carbons (Fsp3) is 0.294. The number of rotatable bonds is 5. The number of hydrogen-bond donors (Lipinski definition) is 1. The zero-order valence-corrected chi connectivity index (χ0v) is 13.0. The van der Waals surface area contributed by atoms with E-state index in [0.29, 0.717) is 4.90 Å². The van der Waals surface area contributed by atoms with Crippen molar-refractivity contribution in [3.05, 3.63) is 65.2 Å². The Hall–Kier alpha value is -1.39. The molecule has 0 radical (unpaired) electrons. The summed E-state index contributed by atoms with van der Waals surface area (Å²) in [6, 6.07) is 11.4. The average molecular weight is 307 g/mol. The average Bonchev–Trinajstić information content (AvgIpc) is 2.48. The first-order valence-corrected chi connectivity index (χ1v) is 7.83. The van der Waals surface area contributed by atoms with E-state index in [-0.39, 0.29) is 11.3 Å². The van der Waals surface area contributed by atoms with Crippen LogP contribution in [0.1, 0.15) is 29.7 Å². The van der Waals surface area contributed by atoms with Crippen LogP contribution in [0.5, 0.6) is 0 Å². The largest absolute Gasteiger partial charge is 0.326 e. The summed E-state index contributed by atoms with van der Waals surface area (Å²) in [5.74, 6) is -0.853. The second-order valence-electron chi connectivity index (χ2n) is 5.10. The van der Waals surface area contributed by atoms with E-state index in [9.17, 15) is 8.78 Å². The minimum Gasteiger partial charge on any atom is -0.326 e. The van der Waals surface area contributed by atoms with Gasteiger partial charge in [-0.15, -0.1) is 11.8 Å². The topological polar surface area (TPSA) is 26.0 Å². The molecule has 2 unspecified atom stereocenters. The van der Waals surface area contributed by atoms with E-state index in [1.807, 2.05) is 38.1 Å².